The van der Waals surface area contributed by atoms with Crippen LogP contribution in [0.15, 0.2) is 23.1 Å². The monoisotopic (exact) mass is 181 g/mol. The molecule has 2 rings (SSSR count). The molecule has 2 nitrogen and oxygen atoms in total. The van der Waals surface area contributed by atoms with Crippen LogP contribution in [-0.2, 0) is 0 Å². The second-order valence-electron chi connectivity index (χ2n) is 2.64. The molecular formula is C9H11NOS. The highest BCUT2D eigenvalue weighted by molar-refractivity contribution is 7.98. The number of anilines is 1. The lowest BCUT2D eigenvalue weighted by atomic mass is 10.2. The molecule has 0 fully saturated rings. The Morgan fingerprint density at radius 1 is 1.50 bits per heavy atom. The van der Waals surface area contributed by atoms with Gasteiger partial charge in [0, 0.05) is 11.4 Å². The molecule has 1 aliphatic rings. The van der Waals surface area contributed by atoms with Crippen LogP contribution in [0.25, 0.3) is 0 Å². The van der Waals surface area contributed by atoms with Gasteiger partial charge in [0.25, 0.3) is 0 Å². The number of ether oxygens (including phenoxy) is 1. The molecule has 0 unspecified atom stereocenters. The molecule has 0 amide bonds. The molecule has 0 atom stereocenters. The molecule has 0 aromatic heterocycles. The minimum atomic E-state index is 0.769. The SMILES string of the molecule is CSc1ccc2c(c1)NCCO2. The minimum absolute atomic E-state index is 0.769. The third-order valence-corrected chi connectivity index (χ3v) is 2.59. The topological polar surface area (TPSA) is 21.3 Å². The van der Waals surface area contributed by atoms with Gasteiger partial charge in [-0.2, -0.15) is 0 Å². The number of nitrogens with one attached hydrogen (secondary N) is 1. The van der Waals surface area contributed by atoms with Crippen LogP contribution in [0.2, 0.25) is 0 Å². The molecule has 0 aliphatic carbocycles. The number of hydrogen-bond acceptors (Lipinski definition) is 3. The number of hydrogen-bond donors (Lipinski definition) is 1. The van der Waals surface area contributed by atoms with Crippen molar-refractivity contribution in [2.75, 3.05) is 24.7 Å². The highest BCUT2D eigenvalue weighted by Gasteiger charge is 2.08. The first-order chi connectivity index (χ1) is 5.90. The number of thioether (sulfide) groups is 1. The first-order valence-corrected chi connectivity index (χ1v) is 5.17. The molecule has 0 spiro atoms. The molecule has 0 bridgehead atoms. The Bertz CT molecular complexity index is 288. The Morgan fingerprint density at radius 2 is 2.42 bits per heavy atom. The fourth-order valence-electron chi connectivity index (χ4n) is 1.25. The van der Waals surface area contributed by atoms with E-state index in [-0.39, 0.29) is 0 Å². The van der Waals surface area contributed by atoms with E-state index in [1.807, 2.05) is 6.07 Å². The van der Waals surface area contributed by atoms with Crippen LogP contribution < -0.4 is 10.1 Å². The molecule has 0 radical (unpaired) electrons. The zero-order valence-corrected chi connectivity index (χ0v) is 7.78. The predicted molar refractivity (Wildman–Crippen MR) is 52.2 cm³/mol. The Labute approximate surface area is 76.3 Å². The van der Waals surface area contributed by atoms with E-state index in [0.29, 0.717) is 0 Å². The van der Waals surface area contributed by atoms with Crippen LogP contribution in [0.4, 0.5) is 5.69 Å². The van der Waals surface area contributed by atoms with E-state index in [4.69, 9.17) is 4.74 Å². The van der Waals surface area contributed by atoms with E-state index in [1.54, 1.807) is 11.8 Å². The molecule has 12 heavy (non-hydrogen) atoms. The van der Waals surface area contributed by atoms with Gasteiger partial charge in [0.1, 0.15) is 12.4 Å². The van der Waals surface area contributed by atoms with Crippen LogP contribution in [0.1, 0.15) is 0 Å². The van der Waals surface area contributed by atoms with Crippen molar-refractivity contribution in [1.29, 1.82) is 0 Å². The largest absolute Gasteiger partial charge is 0.490 e. The number of fused-ring (bicyclic) bond motifs is 1. The average Bonchev–Trinajstić information content (AvgIpc) is 2.17. The van der Waals surface area contributed by atoms with Gasteiger partial charge >= 0.3 is 0 Å². The van der Waals surface area contributed by atoms with Gasteiger partial charge in [-0.1, -0.05) is 0 Å². The smallest absolute Gasteiger partial charge is 0.142 e. The third kappa shape index (κ3) is 1.37. The second kappa shape index (κ2) is 3.27. The third-order valence-electron chi connectivity index (χ3n) is 1.86. The van der Waals surface area contributed by atoms with Gasteiger partial charge in [0.15, 0.2) is 0 Å². The van der Waals surface area contributed by atoms with Crippen LogP contribution in [0.5, 0.6) is 5.75 Å². The van der Waals surface area contributed by atoms with Gasteiger partial charge < -0.3 is 10.1 Å². The van der Waals surface area contributed by atoms with Gasteiger partial charge in [0.2, 0.25) is 0 Å². The summed E-state index contributed by atoms with van der Waals surface area (Å²) in [5.41, 5.74) is 1.12. The van der Waals surface area contributed by atoms with Crippen LogP contribution in [0, 0.1) is 0 Å². The van der Waals surface area contributed by atoms with Gasteiger partial charge in [-0.15, -0.1) is 11.8 Å². The van der Waals surface area contributed by atoms with Crippen molar-refractivity contribution >= 4 is 17.4 Å². The predicted octanol–water partition coefficient (Wildman–Crippen LogP) is 2.21. The van der Waals surface area contributed by atoms with E-state index in [1.165, 1.54) is 4.90 Å². The molecule has 1 heterocycles. The van der Waals surface area contributed by atoms with Gasteiger partial charge in [-0.25, -0.2) is 0 Å². The lowest BCUT2D eigenvalue weighted by Gasteiger charge is -2.19. The van der Waals surface area contributed by atoms with Crippen molar-refractivity contribution in [2.24, 2.45) is 0 Å². The maximum Gasteiger partial charge on any atom is 0.142 e. The summed E-state index contributed by atoms with van der Waals surface area (Å²) in [4.78, 5) is 1.27. The molecule has 1 aromatic carbocycles. The fraction of sp³-hybridized carbons (Fsp3) is 0.333. The summed E-state index contributed by atoms with van der Waals surface area (Å²) < 4.78 is 5.45. The summed E-state index contributed by atoms with van der Waals surface area (Å²) in [6, 6.07) is 6.23. The Kier molecular flexibility index (Phi) is 2.13. The zero-order chi connectivity index (χ0) is 8.39. The van der Waals surface area contributed by atoms with Crippen molar-refractivity contribution in [3.05, 3.63) is 18.2 Å². The van der Waals surface area contributed by atoms with Crippen molar-refractivity contribution in [1.82, 2.24) is 0 Å². The summed E-state index contributed by atoms with van der Waals surface area (Å²) in [5, 5.41) is 3.30. The first-order valence-electron chi connectivity index (χ1n) is 3.95. The van der Waals surface area contributed by atoms with E-state index in [0.717, 1.165) is 24.6 Å². The van der Waals surface area contributed by atoms with Crippen molar-refractivity contribution in [3.8, 4) is 5.75 Å². The minimum Gasteiger partial charge on any atom is -0.490 e. The zero-order valence-electron chi connectivity index (χ0n) is 6.96. The average molecular weight is 181 g/mol. The number of benzene rings is 1. The fourth-order valence-corrected chi connectivity index (χ4v) is 1.69. The highest BCUT2D eigenvalue weighted by Crippen LogP contribution is 2.30. The van der Waals surface area contributed by atoms with E-state index >= 15 is 0 Å². The van der Waals surface area contributed by atoms with Gasteiger partial charge in [0.05, 0.1) is 5.69 Å². The standard InChI is InChI=1S/C9H11NOS/c1-12-7-2-3-9-8(6-7)10-4-5-11-9/h2-3,6,10H,4-5H2,1H3. The summed E-state index contributed by atoms with van der Waals surface area (Å²) in [6.45, 7) is 1.68. The molecule has 1 aliphatic heterocycles. The second-order valence-corrected chi connectivity index (χ2v) is 3.52. The number of rotatable bonds is 1. The first kappa shape index (κ1) is 7.80. The molecule has 1 aromatic rings. The maximum atomic E-state index is 5.45. The lowest BCUT2D eigenvalue weighted by molar-refractivity contribution is 0.323. The normalized spacial score (nSPS) is 14.4. The molecule has 0 saturated carbocycles. The van der Waals surface area contributed by atoms with Crippen LogP contribution in [-0.4, -0.2) is 19.4 Å². The van der Waals surface area contributed by atoms with E-state index in [2.05, 4.69) is 23.7 Å². The van der Waals surface area contributed by atoms with Gasteiger partial charge in [-0.05, 0) is 24.5 Å². The van der Waals surface area contributed by atoms with Crippen molar-refractivity contribution in [3.63, 3.8) is 0 Å². The molecule has 64 valence electrons. The van der Waals surface area contributed by atoms with Crippen molar-refractivity contribution < 1.29 is 4.74 Å². The maximum absolute atomic E-state index is 5.45. The quantitative estimate of drug-likeness (QED) is 0.671. The van der Waals surface area contributed by atoms with Gasteiger partial charge in [-0.3, -0.25) is 0 Å². The Balaban J connectivity index is 2.36. The van der Waals surface area contributed by atoms with Crippen molar-refractivity contribution in [2.45, 2.75) is 4.90 Å². The van der Waals surface area contributed by atoms with Crippen LogP contribution >= 0.6 is 11.8 Å². The summed E-state index contributed by atoms with van der Waals surface area (Å²) in [5.74, 6) is 0.971. The highest BCUT2D eigenvalue weighted by atomic mass is 32.2. The Hall–Kier alpha value is -0.830. The lowest BCUT2D eigenvalue weighted by Crippen LogP contribution is -2.17. The summed E-state index contributed by atoms with van der Waals surface area (Å²) in [6.07, 6.45) is 2.07. The molecular weight excluding hydrogens is 170 g/mol. The van der Waals surface area contributed by atoms with Crippen LogP contribution in [0.3, 0.4) is 0 Å². The summed E-state index contributed by atoms with van der Waals surface area (Å²) >= 11 is 1.75. The Morgan fingerprint density at radius 3 is 3.25 bits per heavy atom. The molecule has 3 heteroatoms. The van der Waals surface area contributed by atoms with E-state index in [9.17, 15) is 0 Å². The molecule has 1 N–H and O–H groups in total. The van der Waals surface area contributed by atoms with E-state index < -0.39 is 0 Å². The summed E-state index contributed by atoms with van der Waals surface area (Å²) in [7, 11) is 0. The molecule has 0 saturated heterocycles.